The van der Waals surface area contributed by atoms with Gasteiger partial charge in [-0.25, -0.2) is 4.79 Å². The normalized spacial score (nSPS) is 15.5. The Labute approximate surface area is 176 Å². The second kappa shape index (κ2) is 8.75. The molecule has 7 nitrogen and oxygen atoms in total. The first-order valence-corrected chi connectivity index (χ1v) is 10.6. The largest absolute Gasteiger partial charge is 0.371 e. The van der Waals surface area contributed by atoms with Gasteiger partial charge in [-0.3, -0.25) is 9.69 Å². The van der Waals surface area contributed by atoms with Crippen molar-refractivity contribution in [2.45, 2.75) is 38.8 Å². The number of imidazole rings is 1. The van der Waals surface area contributed by atoms with Crippen molar-refractivity contribution in [1.82, 2.24) is 14.9 Å². The van der Waals surface area contributed by atoms with Gasteiger partial charge >= 0.3 is 5.69 Å². The lowest BCUT2D eigenvalue weighted by atomic mass is 10.1. The van der Waals surface area contributed by atoms with E-state index in [0.29, 0.717) is 17.7 Å². The summed E-state index contributed by atoms with van der Waals surface area (Å²) in [5.41, 5.74) is 4.32. The molecule has 0 aliphatic carbocycles. The number of nitrogens with one attached hydrogen (secondary N) is 3. The highest BCUT2D eigenvalue weighted by Crippen LogP contribution is 2.25. The third-order valence-electron chi connectivity index (χ3n) is 5.93. The lowest BCUT2D eigenvalue weighted by Crippen LogP contribution is -2.39. The number of hydrogen-bond donors (Lipinski definition) is 3. The van der Waals surface area contributed by atoms with Gasteiger partial charge in [0, 0.05) is 31.0 Å². The van der Waals surface area contributed by atoms with Crippen molar-refractivity contribution >= 4 is 28.3 Å². The summed E-state index contributed by atoms with van der Waals surface area (Å²) in [5.74, 6) is -0.0785. The van der Waals surface area contributed by atoms with E-state index in [2.05, 4.69) is 49.4 Å². The van der Waals surface area contributed by atoms with Gasteiger partial charge in [-0.1, -0.05) is 18.2 Å². The standard InChI is InChI=1S/C23H29N5O2/c1-16(22(29)24-18-10-11-19-20(14-18)26-23(30)25-19)27(2)15-17-8-4-5-9-21(17)28-12-6-3-7-13-28/h4-5,8-11,14,16H,3,6-7,12-13,15H2,1-2H3,(H,24,29)(H2,25,26,30). The summed E-state index contributed by atoms with van der Waals surface area (Å²) >= 11 is 0. The van der Waals surface area contributed by atoms with Crippen LogP contribution in [0.5, 0.6) is 0 Å². The van der Waals surface area contributed by atoms with Crippen molar-refractivity contribution in [1.29, 1.82) is 0 Å². The summed E-state index contributed by atoms with van der Waals surface area (Å²) in [6, 6.07) is 13.5. The molecule has 1 unspecified atom stereocenters. The molecule has 0 saturated carbocycles. The fraction of sp³-hybridized carbons (Fsp3) is 0.391. The summed E-state index contributed by atoms with van der Waals surface area (Å²) in [6.07, 6.45) is 3.78. The van der Waals surface area contributed by atoms with Crippen LogP contribution in [-0.4, -0.2) is 47.0 Å². The maximum atomic E-state index is 12.8. The molecule has 1 aliphatic rings. The number of carbonyl (C=O) groups excluding carboxylic acids is 1. The average molecular weight is 408 g/mol. The molecule has 3 aromatic rings. The highest BCUT2D eigenvalue weighted by Gasteiger charge is 2.21. The summed E-state index contributed by atoms with van der Waals surface area (Å²) < 4.78 is 0. The zero-order valence-electron chi connectivity index (χ0n) is 17.6. The zero-order chi connectivity index (χ0) is 21.1. The predicted octanol–water partition coefficient (Wildman–Crippen LogP) is 3.31. The molecular formula is C23H29N5O2. The molecule has 0 bridgehead atoms. The Morgan fingerprint density at radius 3 is 2.63 bits per heavy atom. The number of piperidine rings is 1. The molecule has 2 aromatic carbocycles. The Morgan fingerprint density at radius 1 is 1.10 bits per heavy atom. The predicted molar refractivity (Wildman–Crippen MR) is 121 cm³/mol. The number of rotatable bonds is 6. The van der Waals surface area contributed by atoms with Crippen LogP contribution in [0.25, 0.3) is 11.0 Å². The van der Waals surface area contributed by atoms with E-state index in [9.17, 15) is 9.59 Å². The van der Waals surface area contributed by atoms with Gasteiger partial charge in [0.05, 0.1) is 17.1 Å². The Balaban J connectivity index is 1.43. The van der Waals surface area contributed by atoms with E-state index in [1.807, 2.05) is 14.0 Å². The molecule has 1 amide bonds. The Morgan fingerprint density at radius 2 is 1.83 bits per heavy atom. The van der Waals surface area contributed by atoms with Crippen molar-refractivity contribution in [3.05, 3.63) is 58.5 Å². The Kier molecular flexibility index (Phi) is 5.90. The molecule has 1 fully saturated rings. The number of anilines is 2. The molecule has 30 heavy (non-hydrogen) atoms. The number of aromatic amines is 2. The minimum absolute atomic E-state index is 0.0785. The quantitative estimate of drug-likeness (QED) is 0.585. The van der Waals surface area contributed by atoms with Crippen LogP contribution in [-0.2, 0) is 11.3 Å². The van der Waals surface area contributed by atoms with Gasteiger partial charge in [0.1, 0.15) is 0 Å². The number of H-pyrrole nitrogens is 2. The SMILES string of the molecule is CC(C(=O)Nc1ccc2[nH]c(=O)[nH]c2c1)N(C)Cc1ccccc1N1CCCCC1. The van der Waals surface area contributed by atoms with E-state index in [-0.39, 0.29) is 17.6 Å². The van der Waals surface area contributed by atoms with Crippen LogP contribution in [0.4, 0.5) is 11.4 Å². The van der Waals surface area contributed by atoms with Crippen LogP contribution in [0, 0.1) is 0 Å². The van der Waals surface area contributed by atoms with Crippen molar-refractivity contribution in [2.75, 3.05) is 30.4 Å². The molecule has 0 radical (unpaired) electrons. The lowest BCUT2D eigenvalue weighted by molar-refractivity contribution is -0.120. The molecule has 0 spiro atoms. The van der Waals surface area contributed by atoms with Crippen LogP contribution in [0.2, 0.25) is 0 Å². The second-order valence-corrected chi connectivity index (χ2v) is 8.10. The molecule has 1 aromatic heterocycles. The number of benzene rings is 2. The third-order valence-corrected chi connectivity index (χ3v) is 5.93. The number of para-hydroxylation sites is 1. The first-order valence-electron chi connectivity index (χ1n) is 10.6. The lowest BCUT2D eigenvalue weighted by Gasteiger charge is -2.32. The monoisotopic (exact) mass is 407 g/mol. The Bertz CT molecular complexity index is 1080. The number of likely N-dealkylation sites (N-methyl/N-ethyl adjacent to an activating group) is 1. The topological polar surface area (TPSA) is 84.2 Å². The minimum atomic E-state index is -0.305. The fourth-order valence-corrected chi connectivity index (χ4v) is 4.05. The first-order chi connectivity index (χ1) is 14.5. The number of nitrogens with zero attached hydrogens (tertiary/aromatic N) is 2. The van der Waals surface area contributed by atoms with Gasteiger partial charge in [-0.15, -0.1) is 0 Å². The molecule has 1 aliphatic heterocycles. The molecule has 1 saturated heterocycles. The van der Waals surface area contributed by atoms with Gasteiger partial charge in [-0.05, 0) is 63.1 Å². The molecular weight excluding hydrogens is 378 g/mol. The smallest absolute Gasteiger partial charge is 0.323 e. The number of amides is 1. The van der Waals surface area contributed by atoms with Crippen LogP contribution in [0.1, 0.15) is 31.7 Å². The summed E-state index contributed by atoms with van der Waals surface area (Å²) in [7, 11) is 1.98. The number of hydrogen-bond acceptors (Lipinski definition) is 4. The van der Waals surface area contributed by atoms with Crippen LogP contribution in [0.3, 0.4) is 0 Å². The average Bonchev–Trinajstić information content (AvgIpc) is 3.13. The van der Waals surface area contributed by atoms with Crippen molar-refractivity contribution in [2.24, 2.45) is 0 Å². The minimum Gasteiger partial charge on any atom is -0.371 e. The number of aromatic nitrogens is 2. The van der Waals surface area contributed by atoms with Gasteiger partial charge in [0.25, 0.3) is 0 Å². The van der Waals surface area contributed by atoms with Gasteiger partial charge < -0.3 is 20.2 Å². The van der Waals surface area contributed by atoms with Crippen molar-refractivity contribution < 1.29 is 4.79 Å². The van der Waals surface area contributed by atoms with Gasteiger partial charge in [0.15, 0.2) is 0 Å². The summed E-state index contributed by atoms with van der Waals surface area (Å²) in [5, 5.41) is 2.96. The fourth-order valence-electron chi connectivity index (χ4n) is 4.05. The molecule has 2 heterocycles. The number of carbonyl (C=O) groups is 1. The maximum Gasteiger partial charge on any atom is 0.323 e. The second-order valence-electron chi connectivity index (χ2n) is 8.10. The van der Waals surface area contributed by atoms with E-state index in [1.54, 1.807) is 18.2 Å². The molecule has 1 atom stereocenters. The van der Waals surface area contributed by atoms with Crippen LogP contribution >= 0.6 is 0 Å². The third kappa shape index (κ3) is 4.41. The van der Waals surface area contributed by atoms with Crippen LogP contribution in [0.15, 0.2) is 47.3 Å². The van der Waals surface area contributed by atoms with Crippen LogP contribution < -0.4 is 15.9 Å². The highest BCUT2D eigenvalue weighted by molar-refractivity contribution is 5.96. The van der Waals surface area contributed by atoms with Gasteiger partial charge in [0.2, 0.25) is 5.91 Å². The Hall–Kier alpha value is -3.06. The van der Waals surface area contributed by atoms with Gasteiger partial charge in [-0.2, -0.15) is 0 Å². The zero-order valence-corrected chi connectivity index (χ0v) is 17.6. The molecule has 3 N–H and O–H groups in total. The van der Waals surface area contributed by atoms with Crippen molar-refractivity contribution in [3.63, 3.8) is 0 Å². The van der Waals surface area contributed by atoms with E-state index in [4.69, 9.17) is 0 Å². The summed E-state index contributed by atoms with van der Waals surface area (Å²) in [4.78, 5) is 34.2. The van der Waals surface area contributed by atoms with E-state index < -0.39 is 0 Å². The number of fused-ring (bicyclic) bond motifs is 1. The van der Waals surface area contributed by atoms with E-state index in [1.165, 1.54) is 30.5 Å². The summed E-state index contributed by atoms with van der Waals surface area (Å²) in [6.45, 7) is 4.81. The van der Waals surface area contributed by atoms with E-state index in [0.717, 1.165) is 18.6 Å². The molecule has 4 rings (SSSR count). The molecule has 158 valence electrons. The first kappa shape index (κ1) is 20.2. The molecule has 7 heteroatoms. The van der Waals surface area contributed by atoms with E-state index >= 15 is 0 Å². The maximum absolute atomic E-state index is 12.8. The highest BCUT2D eigenvalue weighted by atomic mass is 16.2. The van der Waals surface area contributed by atoms with Crippen molar-refractivity contribution in [3.8, 4) is 0 Å².